The Morgan fingerprint density at radius 2 is 1.57 bits per heavy atom. The molecule has 0 bridgehead atoms. The summed E-state index contributed by atoms with van der Waals surface area (Å²) in [4.78, 5) is 2.76. The molecule has 0 unspecified atom stereocenters. The predicted molar refractivity (Wildman–Crippen MR) is 89.8 cm³/mol. The largest absolute Gasteiger partial charge is 0.314 e. The quantitative estimate of drug-likeness (QED) is 0.910. The Morgan fingerprint density at radius 3 is 2.14 bits per heavy atom. The van der Waals surface area contributed by atoms with Gasteiger partial charge in [-0.05, 0) is 56.2 Å². The van der Waals surface area contributed by atoms with Crippen LogP contribution >= 0.6 is 0 Å². The van der Waals surface area contributed by atoms with Gasteiger partial charge in [0, 0.05) is 32.2 Å². The van der Waals surface area contributed by atoms with E-state index in [1.807, 2.05) is 0 Å². The van der Waals surface area contributed by atoms with E-state index in [1.165, 1.54) is 55.5 Å². The Kier molecular flexibility index (Phi) is 4.66. The lowest BCUT2D eigenvalue weighted by Gasteiger charge is -2.40. The Hall–Kier alpha value is -0.860. The maximum atomic E-state index is 3.51. The Morgan fingerprint density at radius 1 is 1.00 bits per heavy atom. The third-order valence-corrected chi connectivity index (χ3v) is 5.43. The molecule has 1 N–H and O–H groups in total. The minimum Gasteiger partial charge on any atom is -0.314 e. The molecule has 2 heteroatoms. The van der Waals surface area contributed by atoms with Crippen LogP contribution in [0.4, 0.5) is 0 Å². The molecule has 116 valence electrons. The molecule has 21 heavy (non-hydrogen) atoms. The number of piperazine rings is 1. The van der Waals surface area contributed by atoms with E-state index in [9.17, 15) is 0 Å². The number of nitrogens with one attached hydrogen (secondary N) is 1. The summed E-state index contributed by atoms with van der Waals surface area (Å²) >= 11 is 0. The Labute approximate surface area is 129 Å². The minimum atomic E-state index is 0.648. The molecule has 1 aliphatic heterocycles. The van der Waals surface area contributed by atoms with Gasteiger partial charge in [0.25, 0.3) is 0 Å². The highest BCUT2D eigenvalue weighted by Crippen LogP contribution is 2.42. The van der Waals surface area contributed by atoms with Crippen LogP contribution in [0.15, 0.2) is 12.1 Å². The van der Waals surface area contributed by atoms with Gasteiger partial charge in [0.05, 0.1) is 0 Å². The van der Waals surface area contributed by atoms with Crippen LogP contribution in [-0.4, -0.2) is 31.1 Å². The van der Waals surface area contributed by atoms with Gasteiger partial charge in [0.2, 0.25) is 0 Å². The molecule has 1 aliphatic carbocycles. The van der Waals surface area contributed by atoms with Crippen molar-refractivity contribution in [1.29, 1.82) is 0 Å². The summed E-state index contributed by atoms with van der Waals surface area (Å²) in [6, 6.07) is 5.41. The maximum Gasteiger partial charge on any atom is 0.0382 e. The molecule has 0 radical (unpaired) electrons. The van der Waals surface area contributed by atoms with Crippen molar-refractivity contribution in [1.82, 2.24) is 10.2 Å². The number of aryl methyl sites for hydroxylation is 3. The highest BCUT2D eigenvalue weighted by Gasteiger charge is 2.33. The van der Waals surface area contributed by atoms with Gasteiger partial charge in [0.1, 0.15) is 0 Å². The third kappa shape index (κ3) is 3.17. The van der Waals surface area contributed by atoms with E-state index in [1.54, 1.807) is 5.56 Å². The van der Waals surface area contributed by atoms with Crippen LogP contribution in [0.1, 0.15) is 54.0 Å². The smallest absolute Gasteiger partial charge is 0.0382 e. The predicted octanol–water partition coefficient (Wildman–Crippen LogP) is 3.75. The second-order valence-corrected chi connectivity index (χ2v) is 7.09. The number of nitrogens with zero attached hydrogens (tertiary/aromatic N) is 1. The lowest BCUT2D eigenvalue weighted by molar-refractivity contribution is 0.124. The van der Waals surface area contributed by atoms with Crippen LogP contribution in [0.3, 0.4) is 0 Å². The first-order valence-electron chi connectivity index (χ1n) is 8.69. The van der Waals surface area contributed by atoms with Crippen LogP contribution in [0.5, 0.6) is 0 Å². The van der Waals surface area contributed by atoms with Crippen LogP contribution < -0.4 is 5.32 Å². The standard InChI is InChI=1S/C19H30N2/c1-14-12-15(2)18(16(3)13-14)19(17-6-4-5-7-17)21-10-8-20-9-11-21/h12-13,17,19-20H,4-11H2,1-3H3/t19-/m1/s1. The second-order valence-electron chi connectivity index (χ2n) is 7.09. The minimum absolute atomic E-state index is 0.648. The van der Waals surface area contributed by atoms with Crippen molar-refractivity contribution in [3.05, 3.63) is 34.4 Å². The van der Waals surface area contributed by atoms with E-state index in [0.29, 0.717) is 6.04 Å². The zero-order chi connectivity index (χ0) is 14.8. The van der Waals surface area contributed by atoms with Crippen molar-refractivity contribution >= 4 is 0 Å². The van der Waals surface area contributed by atoms with Crippen molar-refractivity contribution in [2.45, 2.75) is 52.5 Å². The molecule has 0 spiro atoms. The second kappa shape index (κ2) is 6.50. The monoisotopic (exact) mass is 286 g/mol. The summed E-state index contributed by atoms with van der Waals surface area (Å²) in [5.74, 6) is 0.864. The first-order chi connectivity index (χ1) is 10.2. The molecule has 1 saturated heterocycles. The summed E-state index contributed by atoms with van der Waals surface area (Å²) in [7, 11) is 0. The average Bonchev–Trinajstić information content (AvgIpc) is 2.97. The number of hydrogen-bond donors (Lipinski definition) is 1. The molecule has 1 heterocycles. The molecule has 2 fully saturated rings. The molecule has 0 amide bonds. The molecule has 2 nitrogen and oxygen atoms in total. The molecule has 3 rings (SSSR count). The topological polar surface area (TPSA) is 15.3 Å². The maximum absolute atomic E-state index is 3.51. The van der Waals surface area contributed by atoms with E-state index in [-0.39, 0.29) is 0 Å². The van der Waals surface area contributed by atoms with Gasteiger partial charge in [-0.3, -0.25) is 4.90 Å². The van der Waals surface area contributed by atoms with E-state index in [2.05, 4.69) is 43.1 Å². The molecule has 1 aromatic carbocycles. The fourth-order valence-electron chi connectivity index (χ4n) is 4.61. The summed E-state index contributed by atoms with van der Waals surface area (Å²) in [6.45, 7) is 11.6. The van der Waals surface area contributed by atoms with Gasteiger partial charge >= 0.3 is 0 Å². The SMILES string of the molecule is Cc1cc(C)c([C@@H](C2CCCC2)N2CCNCC2)c(C)c1. The van der Waals surface area contributed by atoms with E-state index < -0.39 is 0 Å². The summed E-state index contributed by atoms with van der Waals surface area (Å²) in [6.07, 6.45) is 5.69. The third-order valence-electron chi connectivity index (χ3n) is 5.43. The molecular formula is C19H30N2. The van der Waals surface area contributed by atoms with Crippen molar-refractivity contribution < 1.29 is 0 Å². The fraction of sp³-hybridized carbons (Fsp3) is 0.684. The van der Waals surface area contributed by atoms with Gasteiger partial charge in [0.15, 0.2) is 0 Å². The lowest BCUT2D eigenvalue weighted by atomic mass is 9.84. The zero-order valence-electron chi connectivity index (χ0n) is 13.9. The number of hydrogen-bond acceptors (Lipinski definition) is 2. The van der Waals surface area contributed by atoms with Crippen molar-refractivity contribution in [3.8, 4) is 0 Å². The van der Waals surface area contributed by atoms with E-state index in [4.69, 9.17) is 0 Å². The highest BCUT2D eigenvalue weighted by molar-refractivity contribution is 5.40. The van der Waals surface area contributed by atoms with Crippen LogP contribution in [0.2, 0.25) is 0 Å². The molecule has 1 aromatic rings. The first kappa shape index (κ1) is 15.1. The number of benzene rings is 1. The van der Waals surface area contributed by atoms with Crippen LogP contribution in [0.25, 0.3) is 0 Å². The van der Waals surface area contributed by atoms with Crippen molar-refractivity contribution in [2.75, 3.05) is 26.2 Å². The molecule has 1 atom stereocenters. The van der Waals surface area contributed by atoms with Gasteiger partial charge in [-0.1, -0.05) is 30.5 Å². The molecular weight excluding hydrogens is 256 g/mol. The van der Waals surface area contributed by atoms with Gasteiger partial charge in [-0.25, -0.2) is 0 Å². The van der Waals surface area contributed by atoms with Gasteiger partial charge < -0.3 is 5.32 Å². The van der Waals surface area contributed by atoms with Gasteiger partial charge in [-0.15, -0.1) is 0 Å². The summed E-state index contributed by atoms with van der Waals surface area (Å²) < 4.78 is 0. The fourth-order valence-corrected chi connectivity index (χ4v) is 4.61. The van der Waals surface area contributed by atoms with Crippen molar-refractivity contribution in [3.63, 3.8) is 0 Å². The normalized spacial score (nSPS) is 22.6. The van der Waals surface area contributed by atoms with Crippen LogP contribution in [0, 0.1) is 26.7 Å². The van der Waals surface area contributed by atoms with Crippen LogP contribution in [-0.2, 0) is 0 Å². The Balaban J connectivity index is 1.97. The highest BCUT2D eigenvalue weighted by atomic mass is 15.2. The van der Waals surface area contributed by atoms with E-state index in [0.717, 1.165) is 19.0 Å². The lowest BCUT2D eigenvalue weighted by Crippen LogP contribution is -2.47. The molecule has 2 aliphatic rings. The zero-order valence-corrected chi connectivity index (χ0v) is 13.9. The number of rotatable bonds is 3. The Bertz CT molecular complexity index is 459. The van der Waals surface area contributed by atoms with Crippen molar-refractivity contribution in [2.24, 2.45) is 5.92 Å². The molecule has 0 aromatic heterocycles. The molecule has 1 saturated carbocycles. The summed E-state index contributed by atoms with van der Waals surface area (Å²) in [5, 5.41) is 3.51. The first-order valence-corrected chi connectivity index (χ1v) is 8.69. The average molecular weight is 286 g/mol. The van der Waals surface area contributed by atoms with Gasteiger partial charge in [-0.2, -0.15) is 0 Å². The van der Waals surface area contributed by atoms with E-state index >= 15 is 0 Å². The summed E-state index contributed by atoms with van der Waals surface area (Å²) in [5.41, 5.74) is 6.04.